The van der Waals surface area contributed by atoms with Crippen LogP contribution in [0.5, 0.6) is 0 Å². The SMILES string of the molecule is CC(C)(C)c1ccc(-c2nc(-c3ccc4c(c3)nnn4CCC(=O)N3CCOCC3)no2)cc1. The van der Waals surface area contributed by atoms with Gasteiger partial charge in [0.15, 0.2) is 0 Å². The van der Waals surface area contributed by atoms with Gasteiger partial charge >= 0.3 is 0 Å². The molecule has 0 atom stereocenters. The number of rotatable bonds is 5. The first-order valence-corrected chi connectivity index (χ1v) is 11.5. The first-order valence-electron chi connectivity index (χ1n) is 11.5. The van der Waals surface area contributed by atoms with E-state index in [1.807, 2.05) is 35.2 Å². The van der Waals surface area contributed by atoms with Gasteiger partial charge in [-0.05, 0) is 41.3 Å². The minimum absolute atomic E-state index is 0.0845. The van der Waals surface area contributed by atoms with Crippen molar-refractivity contribution in [1.82, 2.24) is 30.0 Å². The molecular formula is C25H28N6O3. The standard InChI is InChI=1S/C25H28N6O3/c1-25(2,3)19-7-4-17(5-8-19)24-26-23(28-34-24)18-6-9-21-20(16-18)27-29-31(21)11-10-22(32)30-12-14-33-15-13-30/h4-9,16H,10-15H2,1-3H3. The maximum absolute atomic E-state index is 12.4. The van der Waals surface area contributed by atoms with E-state index < -0.39 is 0 Å². The van der Waals surface area contributed by atoms with E-state index in [0.717, 1.165) is 22.2 Å². The number of fused-ring (bicyclic) bond motifs is 1. The van der Waals surface area contributed by atoms with Crippen LogP contribution in [0, 0.1) is 0 Å². The van der Waals surface area contributed by atoms with Gasteiger partial charge in [0, 0.05) is 30.6 Å². The Hall–Kier alpha value is -3.59. The van der Waals surface area contributed by atoms with Crippen molar-refractivity contribution in [3.05, 3.63) is 48.0 Å². The molecule has 4 aromatic rings. The number of carbonyl (C=O) groups excluding carboxylic acids is 1. The fourth-order valence-electron chi connectivity index (χ4n) is 4.02. The Bertz CT molecular complexity index is 1300. The molecule has 1 aliphatic heterocycles. The molecule has 0 N–H and O–H groups in total. The van der Waals surface area contributed by atoms with E-state index in [0.29, 0.717) is 51.0 Å². The number of benzene rings is 2. The summed E-state index contributed by atoms with van der Waals surface area (Å²) in [6.07, 6.45) is 0.377. The molecule has 0 bridgehead atoms. The molecule has 3 heterocycles. The largest absolute Gasteiger partial charge is 0.378 e. The lowest BCUT2D eigenvalue weighted by Gasteiger charge is -2.26. The van der Waals surface area contributed by atoms with Crippen molar-refractivity contribution in [2.24, 2.45) is 0 Å². The summed E-state index contributed by atoms with van der Waals surface area (Å²) in [4.78, 5) is 18.9. The Morgan fingerprint density at radius 2 is 1.76 bits per heavy atom. The van der Waals surface area contributed by atoms with Crippen LogP contribution in [0.2, 0.25) is 0 Å². The Morgan fingerprint density at radius 3 is 2.50 bits per heavy atom. The number of ether oxygens (including phenoxy) is 1. The maximum atomic E-state index is 12.4. The average molecular weight is 461 g/mol. The lowest BCUT2D eigenvalue weighted by molar-refractivity contribution is -0.135. The Kier molecular flexibility index (Phi) is 5.87. The topological polar surface area (TPSA) is 99.2 Å². The summed E-state index contributed by atoms with van der Waals surface area (Å²) in [6.45, 7) is 9.51. The third-order valence-corrected chi connectivity index (χ3v) is 6.10. The number of nitrogens with zero attached hydrogens (tertiary/aromatic N) is 6. The fraction of sp³-hybridized carbons (Fsp3) is 0.400. The molecule has 0 aliphatic carbocycles. The lowest BCUT2D eigenvalue weighted by atomic mass is 9.87. The molecule has 176 valence electrons. The molecule has 1 saturated heterocycles. The summed E-state index contributed by atoms with van der Waals surface area (Å²) >= 11 is 0. The van der Waals surface area contributed by atoms with Crippen LogP contribution in [-0.4, -0.2) is 62.2 Å². The minimum atomic E-state index is 0.0845. The molecule has 9 nitrogen and oxygen atoms in total. The molecule has 0 spiro atoms. The van der Waals surface area contributed by atoms with Crippen molar-refractivity contribution in [2.75, 3.05) is 26.3 Å². The smallest absolute Gasteiger partial charge is 0.258 e. The highest BCUT2D eigenvalue weighted by Crippen LogP contribution is 2.27. The monoisotopic (exact) mass is 460 g/mol. The highest BCUT2D eigenvalue weighted by atomic mass is 16.5. The summed E-state index contributed by atoms with van der Waals surface area (Å²) in [5, 5.41) is 12.7. The van der Waals surface area contributed by atoms with Gasteiger partial charge in [-0.2, -0.15) is 4.98 Å². The zero-order chi connectivity index (χ0) is 23.7. The van der Waals surface area contributed by atoms with Crippen LogP contribution in [0.3, 0.4) is 0 Å². The zero-order valence-electron chi connectivity index (χ0n) is 19.7. The average Bonchev–Trinajstić information content (AvgIpc) is 3.50. The Balaban J connectivity index is 1.30. The minimum Gasteiger partial charge on any atom is -0.378 e. The lowest BCUT2D eigenvalue weighted by Crippen LogP contribution is -2.41. The number of hydrogen-bond donors (Lipinski definition) is 0. The van der Waals surface area contributed by atoms with E-state index in [9.17, 15) is 4.79 Å². The first kappa shape index (κ1) is 22.2. The molecule has 0 saturated carbocycles. The van der Waals surface area contributed by atoms with Crippen molar-refractivity contribution in [3.8, 4) is 22.8 Å². The normalized spacial score (nSPS) is 14.6. The van der Waals surface area contributed by atoms with Crippen molar-refractivity contribution >= 4 is 16.9 Å². The van der Waals surface area contributed by atoms with Crippen LogP contribution < -0.4 is 0 Å². The number of hydrogen-bond acceptors (Lipinski definition) is 7. The summed E-state index contributed by atoms with van der Waals surface area (Å²) < 4.78 is 12.6. The molecule has 5 rings (SSSR count). The number of aromatic nitrogens is 5. The second-order valence-corrected chi connectivity index (χ2v) is 9.51. The van der Waals surface area contributed by atoms with Gasteiger partial charge in [-0.1, -0.05) is 43.3 Å². The van der Waals surface area contributed by atoms with E-state index in [-0.39, 0.29) is 11.3 Å². The second kappa shape index (κ2) is 8.98. The molecule has 1 aliphatic rings. The number of amides is 1. The summed E-state index contributed by atoms with van der Waals surface area (Å²) in [5.74, 6) is 1.08. The first-order chi connectivity index (χ1) is 16.4. The van der Waals surface area contributed by atoms with Gasteiger partial charge in [0.25, 0.3) is 5.89 Å². The molecule has 9 heteroatoms. The van der Waals surface area contributed by atoms with Gasteiger partial charge in [0.1, 0.15) is 5.52 Å². The third kappa shape index (κ3) is 4.56. The summed E-state index contributed by atoms with van der Waals surface area (Å²) in [7, 11) is 0. The van der Waals surface area contributed by atoms with E-state index >= 15 is 0 Å². The van der Waals surface area contributed by atoms with Gasteiger partial charge in [0.2, 0.25) is 11.7 Å². The number of aryl methyl sites for hydroxylation is 1. The van der Waals surface area contributed by atoms with Gasteiger partial charge in [-0.3, -0.25) is 4.79 Å². The van der Waals surface area contributed by atoms with E-state index in [2.05, 4.69) is 53.4 Å². The van der Waals surface area contributed by atoms with E-state index in [1.54, 1.807) is 4.68 Å². The highest BCUT2D eigenvalue weighted by molar-refractivity contribution is 5.80. The molecule has 0 unspecified atom stereocenters. The molecular weight excluding hydrogens is 432 g/mol. The second-order valence-electron chi connectivity index (χ2n) is 9.51. The quantitative estimate of drug-likeness (QED) is 0.448. The van der Waals surface area contributed by atoms with Crippen LogP contribution in [0.15, 0.2) is 47.0 Å². The van der Waals surface area contributed by atoms with Crippen LogP contribution in [0.25, 0.3) is 33.9 Å². The highest BCUT2D eigenvalue weighted by Gasteiger charge is 2.18. The summed E-state index contributed by atoms with van der Waals surface area (Å²) in [6, 6.07) is 13.9. The summed E-state index contributed by atoms with van der Waals surface area (Å²) in [5.41, 5.74) is 4.59. The van der Waals surface area contributed by atoms with E-state index in [4.69, 9.17) is 9.26 Å². The molecule has 2 aromatic carbocycles. The number of morpholine rings is 1. The van der Waals surface area contributed by atoms with E-state index in [1.165, 1.54) is 5.56 Å². The number of carbonyl (C=O) groups is 1. The van der Waals surface area contributed by atoms with Gasteiger partial charge in [-0.25, -0.2) is 4.68 Å². The van der Waals surface area contributed by atoms with Crippen LogP contribution in [-0.2, 0) is 21.5 Å². The maximum Gasteiger partial charge on any atom is 0.258 e. The van der Waals surface area contributed by atoms with Crippen LogP contribution in [0.4, 0.5) is 0 Å². The zero-order valence-corrected chi connectivity index (χ0v) is 19.7. The van der Waals surface area contributed by atoms with Gasteiger partial charge < -0.3 is 14.2 Å². The van der Waals surface area contributed by atoms with Gasteiger partial charge in [0.05, 0.1) is 25.3 Å². The van der Waals surface area contributed by atoms with Crippen LogP contribution in [0.1, 0.15) is 32.8 Å². The van der Waals surface area contributed by atoms with Crippen LogP contribution >= 0.6 is 0 Å². The van der Waals surface area contributed by atoms with Crippen molar-refractivity contribution in [2.45, 2.75) is 39.2 Å². The molecule has 0 radical (unpaired) electrons. The molecule has 34 heavy (non-hydrogen) atoms. The molecule has 1 fully saturated rings. The molecule has 2 aromatic heterocycles. The fourth-order valence-corrected chi connectivity index (χ4v) is 4.02. The molecule has 1 amide bonds. The van der Waals surface area contributed by atoms with Gasteiger partial charge in [-0.15, -0.1) is 5.10 Å². The van der Waals surface area contributed by atoms with Crippen molar-refractivity contribution in [1.29, 1.82) is 0 Å². The Labute approximate surface area is 197 Å². The van der Waals surface area contributed by atoms with Crippen molar-refractivity contribution in [3.63, 3.8) is 0 Å². The third-order valence-electron chi connectivity index (χ3n) is 6.10. The predicted octanol–water partition coefficient (Wildman–Crippen LogP) is 3.69. The predicted molar refractivity (Wildman–Crippen MR) is 127 cm³/mol. The van der Waals surface area contributed by atoms with Crippen molar-refractivity contribution < 1.29 is 14.1 Å². The Morgan fingerprint density at radius 1 is 1.03 bits per heavy atom.